The molecule has 1 saturated carbocycles. The number of hydrogen-bond donors (Lipinski definition) is 3. The van der Waals surface area contributed by atoms with Crippen LogP contribution in [0.5, 0.6) is 0 Å². The van der Waals surface area contributed by atoms with Crippen LogP contribution in [0.4, 0.5) is 0 Å². The molecular formula is C13H21NO5. The molecule has 0 spiro atoms. The number of carboxylic acids is 1. The quantitative estimate of drug-likeness (QED) is 0.689. The molecule has 1 amide bonds. The summed E-state index contributed by atoms with van der Waals surface area (Å²) in [6, 6.07) is 0. The molecule has 6 heteroatoms. The Morgan fingerprint density at radius 2 is 1.79 bits per heavy atom. The van der Waals surface area contributed by atoms with Gasteiger partial charge in [-0.15, -0.1) is 0 Å². The lowest BCUT2D eigenvalue weighted by molar-refractivity contribution is -0.152. The summed E-state index contributed by atoms with van der Waals surface area (Å²) in [6.07, 6.45) is 3.84. The molecule has 0 bridgehead atoms. The second kappa shape index (κ2) is 5.88. The minimum absolute atomic E-state index is 0.0756. The van der Waals surface area contributed by atoms with Crippen molar-refractivity contribution in [3.8, 4) is 0 Å². The van der Waals surface area contributed by atoms with Crippen molar-refractivity contribution in [1.29, 1.82) is 0 Å². The summed E-state index contributed by atoms with van der Waals surface area (Å²) in [5, 5.41) is 21.2. The number of hydrogen-bond acceptors (Lipinski definition) is 4. The lowest BCUT2D eigenvalue weighted by Gasteiger charge is -2.37. The van der Waals surface area contributed by atoms with E-state index < -0.39 is 23.7 Å². The molecule has 0 aromatic heterocycles. The second-order valence-corrected chi connectivity index (χ2v) is 5.52. The lowest BCUT2D eigenvalue weighted by Crippen LogP contribution is -2.55. The number of carboxylic acid groups (broad SMARTS) is 1. The second-order valence-electron chi connectivity index (χ2n) is 5.52. The Balaban J connectivity index is 1.91. The highest BCUT2D eigenvalue weighted by atomic mass is 16.5. The molecule has 2 aliphatic rings. The van der Waals surface area contributed by atoms with E-state index in [1.165, 1.54) is 0 Å². The molecule has 19 heavy (non-hydrogen) atoms. The average molecular weight is 271 g/mol. The van der Waals surface area contributed by atoms with E-state index in [0.29, 0.717) is 12.8 Å². The van der Waals surface area contributed by atoms with Crippen LogP contribution in [0.3, 0.4) is 0 Å². The standard InChI is InChI=1S/C13H21NO5/c15-8-13(6-2-1-3-7-13)14-11(16)9-4-5-10(19-9)12(17)18/h9-10,15H,1-8H2,(H,14,16)(H,17,18). The van der Waals surface area contributed by atoms with Gasteiger partial charge in [0, 0.05) is 0 Å². The smallest absolute Gasteiger partial charge is 0.332 e. The molecule has 2 rings (SSSR count). The minimum atomic E-state index is -1.02. The number of carbonyl (C=O) groups excluding carboxylic acids is 1. The molecule has 0 aromatic carbocycles. The van der Waals surface area contributed by atoms with Crippen LogP contribution in [0.25, 0.3) is 0 Å². The number of carbonyl (C=O) groups is 2. The van der Waals surface area contributed by atoms with E-state index >= 15 is 0 Å². The van der Waals surface area contributed by atoms with Crippen molar-refractivity contribution >= 4 is 11.9 Å². The van der Waals surface area contributed by atoms with Crippen LogP contribution in [-0.2, 0) is 14.3 Å². The van der Waals surface area contributed by atoms with Gasteiger partial charge in [0.05, 0.1) is 12.1 Å². The van der Waals surface area contributed by atoms with E-state index in [1.54, 1.807) is 0 Å². The van der Waals surface area contributed by atoms with Crippen LogP contribution >= 0.6 is 0 Å². The van der Waals surface area contributed by atoms with Gasteiger partial charge < -0.3 is 20.3 Å². The van der Waals surface area contributed by atoms with E-state index in [2.05, 4.69) is 5.32 Å². The fraction of sp³-hybridized carbons (Fsp3) is 0.846. The van der Waals surface area contributed by atoms with Gasteiger partial charge in [-0.25, -0.2) is 4.79 Å². The Morgan fingerprint density at radius 1 is 1.16 bits per heavy atom. The molecule has 1 aliphatic carbocycles. The zero-order valence-electron chi connectivity index (χ0n) is 10.9. The van der Waals surface area contributed by atoms with Crippen molar-refractivity contribution < 1.29 is 24.5 Å². The van der Waals surface area contributed by atoms with Crippen molar-refractivity contribution in [3.63, 3.8) is 0 Å². The summed E-state index contributed by atoms with van der Waals surface area (Å²) in [5.74, 6) is -1.32. The number of aliphatic hydroxyl groups is 1. The Kier molecular flexibility index (Phi) is 4.42. The molecule has 3 N–H and O–H groups in total. The molecular weight excluding hydrogens is 250 g/mol. The maximum atomic E-state index is 12.1. The summed E-state index contributed by atoms with van der Waals surface area (Å²) >= 11 is 0. The number of nitrogens with one attached hydrogen (secondary N) is 1. The van der Waals surface area contributed by atoms with E-state index in [9.17, 15) is 14.7 Å². The molecule has 0 radical (unpaired) electrons. The van der Waals surface area contributed by atoms with Gasteiger partial charge in [0.25, 0.3) is 0 Å². The van der Waals surface area contributed by atoms with Crippen LogP contribution in [0.2, 0.25) is 0 Å². The average Bonchev–Trinajstić information content (AvgIpc) is 2.89. The number of ether oxygens (including phenoxy) is 1. The maximum Gasteiger partial charge on any atom is 0.332 e. The highest BCUT2D eigenvalue weighted by Crippen LogP contribution is 2.29. The summed E-state index contributed by atoms with van der Waals surface area (Å²) in [4.78, 5) is 22.9. The van der Waals surface area contributed by atoms with Gasteiger partial charge in [-0.2, -0.15) is 0 Å². The molecule has 0 aromatic rings. The van der Waals surface area contributed by atoms with Gasteiger partial charge in [-0.05, 0) is 25.7 Å². The zero-order chi connectivity index (χ0) is 13.9. The molecule has 1 heterocycles. The Bertz CT molecular complexity index is 351. The third-order valence-corrected chi connectivity index (χ3v) is 4.09. The number of amides is 1. The third-order valence-electron chi connectivity index (χ3n) is 4.09. The number of aliphatic hydroxyl groups excluding tert-OH is 1. The minimum Gasteiger partial charge on any atom is -0.479 e. The largest absolute Gasteiger partial charge is 0.479 e. The van der Waals surface area contributed by atoms with Crippen LogP contribution in [0.1, 0.15) is 44.9 Å². The van der Waals surface area contributed by atoms with E-state index in [-0.39, 0.29) is 12.5 Å². The molecule has 6 nitrogen and oxygen atoms in total. The first-order chi connectivity index (χ1) is 9.06. The summed E-state index contributed by atoms with van der Waals surface area (Å²) in [5.41, 5.74) is -0.542. The van der Waals surface area contributed by atoms with E-state index in [0.717, 1.165) is 32.1 Å². The first kappa shape index (κ1) is 14.3. The first-order valence-electron chi connectivity index (χ1n) is 6.87. The molecule has 2 fully saturated rings. The van der Waals surface area contributed by atoms with Crippen LogP contribution in [0, 0.1) is 0 Å². The van der Waals surface area contributed by atoms with Crippen molar-refractivity contribution in [2.24, 2.45) is 0 Å². The third kappa shape index (κ3) is 3.25. The van der Waals surface area contributed by atoms with E-state index in [4.69, 9.17) is 9.84 Å². The summed E-state index contributed by atoms with van der Waals surface area (Å²) in [6.45, 7) is -0.0756. The normalized spacial score (nSPS) is 29.9. The van der Waals surface area contributed by atoms with Crippen molar-refractivity contribution in [1.82, 2.24) is 5.32 Å². The zero-order valence-corrected chi connectivity index (χ0v) is 10.9. The molecule has 2 atom stereocenters. The molecule has 1 aliphatic heterocycles. The predicted molar refractivity (Wildman–Crippen MR) is 66.6 cm³/mol. The topological polar surface area (TPSA) is 95.9 Å². The summed E-state index contributed by atoms with van der Waals surface area (Å²) < 4.78 is 5.22. The van der Waals surface area contributed by atoms with Crippen LogP contribution in [-0.4, -0.2) is 46.4 Å². The predicted octanol–water partition coefficient (Wildman–Crippen LogP) is 0.430. The Morgan fingerprint density at radius 3 is 2.32 bits per heavy atom. The first-order valence-corrected chi connectivity index (χ1v) is 6.87. The van der Waals surface area contributed by atoms with Gasteiger partial charge >= 0.3 is 5.97 Å². The fourth-order valence-electron chi connectivity index (χ4n) is 2.90. The molecule has 1 saturated heterocycles. The van der Waals surface area contributed by atoms with Gasteiger partial charge in [0.15, 0.2) is 6.10 Å². The van der Waals surface area contributed by atoms with Crippen LogP contribution in [0.15, 0.2) is 0 Å². The Hall–Kier alpha value is -1.14. The van der Waals surface area contributed by atoms with Gasteiger partial charge in [-0.3, -0.25) is 4.79 Å². The lowest BCUT2D eigenvalue weighted by atomic mass is 9.82. The highest BCUT2D eigenvalue weighted by Gasteiger charge is 2.39. The van der Waals surface area contributed by atoms with Gasteiger partial charge in [0.1, 0.15) is 6.10 Å². The Labute approximate surface area is 112 Å². The number of rotatable bonds is 4. The molecule has 108 valence electrons. The van der Waals surface area contributed by atoms with Crippen molar-refractivity contribution in [3.05, 3.63) is 0 Å². The molecule has 2 unspecified atom stereocenters. The SMILES string of the molecule is O=C(O)C1CCC(C(=O)NC2(CO)CCCCC2)O1. The van der Waals surface area contributed by atoms with Gasteiger partial charge in [-0.1, -0.05) is 19.3 Å². The monoisotopic (exact) mass is 271 g/mol. The highest BCUT2D eigenvalue weighted by molar-refractivity contribution is 5.83. The van der Waals surface area contributed by atoms with E-state index in [1.807, 2.05) is 0 Å². The maximum absolute atomic E-state index is 12.1. The van der Waals surface area contributed by atoms with Crippen molar-refractivity contribution in [2.45, 2.75) is 62.7 Å². The fourth-order valence-corrected chi connectivity index (χ4v) is 2.90. The van der Waals surface area contributed by atoms with Gasteiger partial charge in [0.2, 0.25) is 5.91 Å². The van der Waals surface area contributed by atoms with Crippen molar-refractivity contribution in [2.75, 3.05) is 6.61 Å². The number of aliphatic carboxylic acids is 1. The van der Waals surface area contributed by atoms with Crippen LogP contribution < -0.4 is 5.32 Å². The summed E-state index contributed by atoms with van der Waals surface area (Å²) in [7, 11) is 0.